The number of benzene rings is 2. The van der Waals surface area contributed by atoms with Crippen LogP contribution < -0.4 is 20.7 Å². The van der Waals surface area contributed by atoms with Crippen molar-refractivity contribution in [3.63, 3.8) is 0 Å². The maximum atomic E-state index is 14.7. The molecule has 1 aliphatic rings. The van der Waals surface area contributed by atoms with Gasteiger partial charge in [-0.3, -0.25) is 9.20 Å². The summed E-state index contributed by atoms with van der Waals surface area (Å²) in [5, 5.41) is 9.68. The smallest absolute Gasteiger partial charge is 0.252 e. The number of halogens is 3. The Morgan fingerprint density at radius 2 is 1.97 bits per heavy atom. The molecule has 3 N–H and O–H groups in total. The van der Waals surface area contributed by atoms with Gasteiger partial charge in [-0.2, -0.15) is 4.39 Å². The van der Waals surface area contributed by atoms with E-state index in [4.69, 9.17) is 16.3 Å². The lowest BCUT2D eigenvalue weighted by molar-refractivity contribution is 0.0951. The van der Waals surface area contributed by atoms with E-state index in [1.807, 2.05) is 0 Å². The Balaban J connectivity index is 1.27. The number of nitrogens with one attached hydrogen (secondary N) is 3. The summed E-state index contributed by atoms with van der Waals surface area (Å²) in [6, 6.07) is 7.78. The third-order valence-electron chi connectivity index (χ3n) is 6.59. The molecule has 2 aromatic carbocycles. The predicted octanol–water partition coefficient (Wildman–Crippen LogP) is 4.11. The molecule has 0 unspecified atom stereocenters. The number of fused-ring (bicyclic) bond motifs is 1. The van der Waals surface area contributed by atoms with Crippen molar-refractivity contribution < 1.29 is 18.3 Å². The van der Waals surface area contributed by atoms with Crippen LogP contribution in [0.3, 0.4) is 0 Å². The molecule has 2 aromatic heterocycles. The van der Waals surface area contributed by atoms with E-state index in [2.05, 4.69) is 30.8 Å². The number of amides is 1. The number of rotatable bonds is 9. The van der Waals surface area contributed by atoms with Gasteiger partial charge in [0.15, 0.2) is 23.0 Å². The molecule has 1 saturated heterocycles. The first-order valence-corrected chi connectivity index (χ1v) is 13.0. The van der Waals surface area contributed by atoms with Crippen molar-refractivity contribution >= 4 is 34.7 Å². The standard InChI is InChI=1S/C27H28ClF2N7O2/c1-39-22-6-5-19(23(29)24(22)30)21-16-34-26-25(32-10-14-37(21)26)35-17-3-4-18(20(28)15-17)27(38)33-7-2-11-36-12-8-31-9-13-36/h3-6,10,14-16,31H,2,7-9,11-13H2,1H3,(H,32,35)(H,33,38). The van der Waals surface area contributed by atoms with E-state index < -0.39 is 11.6 Å². The van der Waals surface area contributed by atoms with Crippen LogP contribution in [0.5, 0.6) is 5.75 Å². The molecule has 0 atom stereocenters. The summed E-state index contributed by atoms with van der Waals surface area (Å²) < 4.78 is 35.5. The molecule has 5 rings (SSSR count). The quantitative estimate of drug-likeness (QED) is 0.268. The average molecular weight is 556 g/mol. The number of ether oxygens (including phenoxy) is 1. The fraction of sp³-hybridized carbons (Fsp3) is 0.296. The molecular weight excluding hydrogens is 528 g/mol. The fourth-order valence-corrected chi connectivity index (χ4v) is 4.81. The Morgan fingerprint density at radius 3 is 2.74 bits per heavy atom. The monoisotopic (exact) mass is 555 g/mol. The van der Waals surface area contributed by atoms with Crippen molar-refractivity contribution in [3.8, 4) is 17.0 Å². The number of piperazine rings is 1. The number of imidazole rings is 1. The molecule has 3 heterocycles. The van der Waals surface area contributed by atoms with Crippen molar-refractivity contribution in [2.75, 3.05) is 51.7 Å². The first-order chi connectivity index (χ1) is 19.0. The van der Waals surface area contributed by atoms with Gasteiger partial charge in [-0.05, 0) is 43.3 Å². The van der Waals surface area contributed by atoms with Crippen LogP contribution in [0.4, 0.5) is 20.3 Å². The minimum absolute atomic E-state index is 0.0318. The van der Waals surface area contributed by atoms with E-state index in [-0.39, 0.29) is 22.2 Å². The molecule has 4 aromatic rings. The first kappa shape index (κ1) is 26.8. The van der Waals surface area contributed by atoms with Gasteiger partial charge in [-0.1, -0.05) is 11.6 Å². The Kier molecular flexibility index (Phi) is 8.20. The highest BCUT2D eigenvalue weighted by Crippen LogP contribution is 2.32. The lowest BCUT2D eigenvalue weighted by Crippen LogP contribution is -2.44. The molecule has 1 amide bonds. The van der Waals surface area contributed by atoms with E-state index in [1.165, 1.54) is 31.6 Å². The van der Waals surface area contributed by atoms with E-state index in [9.17, 15) is 13.6 Å². The van der Waals surface area contributed by atoms with Crippen LogP contribution in [-0.4, -0.2) is 71.6 Å². The van der Waals surface area contributed by atoms with E-state index in [0.29, 0.717) is 35.0 Å². The summed E-state index contributed by atoms with van der Waals surface area (Å²) in [6.45, 7) is 5.53. The van der Waals surface area contributed by atoms with E-state index >= 15 is 0 Å². The third kappa shape index (κ3) is 5.80. The SMILES string of the molecule is COc1ccc(-c2cnc3c(Nc4ccc(C(=O)NCCCN5CCNCC5)c(Cl)c4)nccn23)c(F)c1F. The molecule has 39 heavy (non-hydrogen) atoms. The van der Waals surface area contributed by atoms with Gasteiger partial charge in [0.2, 0.25) is 5.82 Å². The summed E-state index contributed by atoms with van der Waals surface area (Å²) >= 11 is 6.44. The molecule has 0 aliphatic carbocycles. The summed E-state index contributed by atoms with van der Waals surface area (Å²) in [7, 11) is 1.27. The number of carbonyl (C=O) groups excluding carboxylic acids is 1. The highest BCUT2D eigenvalue weighted by atomic mass is 35.5. The average Bonchev–Trinajstić information content (AvgIpc) is 3.38. The highest BCUT2D eigenvalue weighted by Gasteiger charge is 2.19. The van der Waals surface area contributed by atoms with Crippen molar-refractivity contribution in [2.45, 2.75) is 6.42 Å². The van der Waals surface area contributed by atoms with Gasteiger partial charge in [0.25, 0.3) is 5.91 Å². The summed E-state index contributed by atoms with van der Waals surface area (Å²) in [6.07, 6.45) is 5.42. The second-order valence-electron chi connectivity index (χ2n) is 9.08. The normalized spacial score (nSPS) is 13.9. The Bertz CT molecular complexity index is 1490. The van der Waals surface area contributed by atoms with Crippen molar-refractivity contribution in [1.29, 1.82) is 0 Å². The molecule has 0 bridgehead atoms. The fourth-order valence-electron chi connectivity index (χ4n) is 4.54. The third-order valence-corrected chi connectivity index (χ3v) is 6.91. The zero-order chi connectivity index (χ0) is 27.4. The molecule has 12 heteroatoms. The number of anilines is 2. The van der Waals surface area contributed by atoms with Crippen LogP contribution in [0.15, 0.2) is 48.9 Å². The summed E-state index contributed by atoms with van der Waals surface area (Å²) in [4.78, 5) is 23.7. The predicted molar refractivity (Wildman–Crippen MR) is 146 cm³/mol. The summed E-state index contributed by atoms with van der Waals surface area (Å²) in [5.41, 5.74) is 1.73. The second-order valence-corrected chi connectivity index (χ2v) is 9.48. The van der Waals surface area contributed by atoms with Crippen molar-refractivity contribution in [1.82, 2.24) is 29.9 Å². The van der Waals surface area contributed by atoms with E-state index in [1.54, 1.807) is 28.8 Å². The number of methoxy groups -OCH3 is 1. The largest absolute Gasteiger partial charge is 0.494 e. The molecule has 0 saturated carbocycles. The van der Waals surface area contributed by atoms with Crippen LogP contribution in [0, 0.1) is 11.6 Å². The molecular formula is C27H28ClF2N7O2. The molecule has 204 valence electrons. The maximum absolute atomic E-state index is 14.7. The lowest BCUT2D eigenvalue weighted by Gasteiger charge is -2.27. The van der Waals surface area contributed by atoms with Crippen molar-refractivity contribution in [3.05, 3.63) is 71.1 Å². The zero-order valence-corrected chi connectivity index (χ0v) is 22.1. The number of carbonyl (C=O) groups is 1. The molecule has 0 radical (unpaired) electrons. The zero-order valence-electron chi connectivity index (χ0n) is 21.3. The Labute approximate surface area is 229 Å². The Hall–Kier alpha value is -3.80. The minimum Gasteiger partial charge on any atom is -0.494 e. The van der Waals surface area contributed by atoms with Gasteiger partial charge < -0.3 is 25.6 Å². The number of aromatic nitrogens is 3. The number of hydrogen-bond donors (Lipinski definition) is 3. The minimum atomic E-state index is -1.07. The molecule has 9 nitrogen and oxygen atoms in total. The number of nitrogens with zero attached hydrogens (tertiary/aromatic N) is 4. The molecule has 1 aliphatic heterocycles. The topological polar surface area (TPSA) is 95.8 Å². The van der Waals surface area contributed by atoms with Gasteiger partial charge in [0, 0.05) is 56.4 Å². The van der Waals surface area contributed by atoms with Crippen LogP contribution in [-0.2, 0) is 0 Å². The van der Waals surface area contributed by atoms with Crippen LogP contribution >= 0.6 is 11.6 Å². The number of hydrogen-bond acceptors (Lipinski definition) is 7. The van der Waals surface area contributed by atoms with Crippen LogP contribution in [0.2, 0.25) is 5.02 Å². The molecule has 1 fully saturated rings. The van der Waals surface area contributed by atoms with Gasteiger partial charge in [0.1, 0.15) is 0 Å². The van der Waals surface area contributed by atoms with Gasteiger partial charge in [0.05, 0.1) is 29.6 Å². The van der Waals surface area contributed by atoms with Gasteiger partial charge in [-0.25, -0.2) is 14.4 Å². The van der Waals surface area contributed by atoms with Gasteiger partial charge >= 0.3 is 0 Å². The lowest BCUT2D eigenvalue weighted by atomic mass is 10.1. The first-order valence-electron chi connectivity index (χ1n) is 12.6. The maximum Gasteiger partial charge on any atom is 0.252 e. The van der Waals surface area contributed by atoms with Crippen LogP contribution in [0.1, 0.15) is 16.8 Å². The second kappa shape index (κ2) is 11.9. The molecule has 0 spiro atoms. The highest BCUT2D eigenvalue weighted by molar-refractivity contribution is 6.34. The summed E-state index contributed by atoms with van der Waals surface area (Å²) in [5.74, 6) is -2.15. The van der Waals surface area contributed by atoms with Gasteiger partial charge in [-0.15, -0.1) is 0 Å². The van der Waals surface area contributed by atoms with Crippen LogP contribution in [0.25, 0.3) is 16.9 Å². The Morgan fingerprint density at radius 1 is 1.15 bits per heavy atom. The van der Waals surface area contributed by atoms with E-state index in [0.717, 1.165) is 39.1 Å². The van der Waals surface area contributed by atoms with Crippen molar-refractivity contribution in [2.24, 2.45) is 0 Å².